The topological polar surface area (TPSA) is 45.8 Å². The van der Waals surface area contributed by atoms with Crippen LogP contribution in [-0.2, 0) is 17.8 Å². The van der Waals surface area contributed by atoms with Gasteiger partial charge in [-0.15, -0.1) is 0 Å². The first kappa shape index (κ1) is 33.5. The van der Waals surface area contributed by atoms with Crippen molar-refractivity contribution in [1.82, 2.24) is 18.9 Å². The van der Waals surface area contributed by atoms with Crippen LogP contribution in [0.25, 0.3) is 49.3 Å². The van der Waals surface area contributed by atoms with E-state index in [1.807, 2.05) is 41.8 Å². The summed E-state index contributed by atoms with van der Waals surface area (Å²) in [5, 5.41) is 13.8. The molecule has 0 saturated carbocycles. The van der Waals surface area contributed by atoms with Gasteiger partial charge < -0.3 is 19.0 Å². The van der Waals surface area contributed by atoms with Crippen LogP contribution in [-0.4, -0.2) is 75.1 Å². The number of ether oxygens (including phenoxy) is 1. The monoisotopic (exact) mass is 690 g/mol. The molecular weight excluding hydrogens is 649 g/mol. The van der Waals surface area contributed by atoms with E-state index in [2.05, 4.69) is 45.6 Å². The van der Waals surface area contributed by atoms with E-state index in [0.717, 1.165) is 48.0 Å². The van der Waals surface area contributed by atoms with Crippen molar-refractivity contribution >= 4 is 43.6 Å². The molecule has 9 heteroatoms. The van der Waals surface area contributed by atoms with Gasteiger partial charge in [0, 0.05) is 78.4 Å². The molecule has 0 radical (unpaired) electrons. The van der Waals surface area contributed by atoms with Crippen LogP contribution in [0.4, 0.5) is 13.2 Å². The Morgan fingerprint density at radius 2 is 1.39 bits per heavy atom. The van der Waals surface area contributed by atoms with E-state index in [-0.39, 0.29) is 12.7 Å². The third-order valence-corrected chi connectivity index (χ3v) is 10.3. The molecule has 6 nitrogen and oxygen atoms in total. The summed E-state index contributed by atoms with van der Waals surface area (Å²) >= 11 is 0. The van der Waals surface area contributed by atoms with Crippen molar-refractivity contribution < 1.29 is 23.0 Å². The van der Waals surface area contributed by atoms with Gasteiger partial charge in [0.15, 0.2) is 0 Å². The number of nitrogens with zero attached hydrogens (tertiary/aromatic N) is 4. The molecule has 0 bridgehead atoms. The van der Waals surface area contributed by atoms with Crippen LogP contribution >= 0.6 is 0 Å². The van der Waals surface area contributed by atoms with Gasteiger partial charge in [-0.05, 0) is 67.9 Å². The number of para-hydroxylation sites is 1. The van der Waals surface area contributed by atoms with Crippen molar-refractivity contribution in [2.75, 3.05) is 32.8 Å². The van der Waals surface area contributed by atoms with Gasteiger partial charge in [-0.2, -0.15) is 0 Å². The molecule has 262 valence electrons. The number of hydrogen-bond acceptors (Lipinski definition) is 4. The fourth-order valence-electron chi connectivity index (χ4n) is 7.95. The second-order valence-corrected chi connectivity index (χ2v) is 14.0. The Balaban J connectivity index is 1.06. The largest absolute Gasteiger partial charge is 0.389 e. The lowest BCUT2D eigenvalue weighted by molar-refractivity contribution is -0.0324. The van der Waals surface area contributed by atoms with Gasteiger partial charge in [0.1, 0.15) is 17.5 Å². The van der Waals surface area contributed by atoms with E-state index in [4.69, 9.17) is 4.74 Å². The molecular formula is C42H41F3N4O2. The molecule has 1 N–H and O–H groups in total. The average Bonchev–Trinajstić information content (AvgIpc) is 3.60. The first-order valence-corrected chi connectivity index (χ1v) is 17.6. The lowest BCUT2D eigenvalue weighted by Crippen LogP contribution is -2.53. The number of aromatic nitrogens is 2. The Morgan fingerprint density at radius 3 is 2.10 bits per heavy atom. The molecule has 1 fully saturated rings. The van der Waals surface area contributed by atoms with Crippen molar-refractivity contribution in [2.24, 2.45) is 0 Å². The molecule has 1 aliphatic rings. The van der Waals surface area contributed by atoms with E-state index in [1.165, 1.54) is 35.9 Å². The SMILES string of the molecule is CC(Cn1c2ccccc2c2cc(F)cc(-n3c4ccc(F)cc4c4cc(F)ccc43)c21)OCC(O)CN1CCN(Cc2ccccc2)C[C@@H]1C. The normalized spacial score (nSPS) is 17.3. The number of hydrogen-bond donors (Lipinski definition) is 1. The van der Waals surface area contributed by atoms with Gasteiger partial charge in [-0.1, -0.05) is 48.5 Å². The Labute approximate surface area is 294 Å². The number of benzene rings is 5. The summed E-state index contributed by atoms with van der Waals surface area (Å²) in [6, 6.07) is 30.5. The van der Waals surface area contributed by atoms with Crippen molar-refractivity contribution in [3.63, 3.8) is 0 Å². The number of aliphatic hydroxyl groups is 1. The molecule has 5 aromatic carbocycles. The molecule has 2 unspecified atom stereocenters. The predicted octanol–water partition coefficient (Wildman–Crippen LogP) is 8.28. The molecule has 0 aliphatic carbocycles. The second kappa shape index (κ2) is 13.8. The van der Waals surface area contributed by atoms with Crippen molar-refractivity contribution in [1.29, 1.82) is 0 Å². The molecule has 1 saturated heterocycles. The lowest BCUT2D eigenvalue weighted by atomic mass is 10.1. The van der Waals surface area contributed by atoms with Crippen molar-refractivity contribution in [2.45, 2.75) is 45.2 Å². The third-order valence-electron chi connectivity index (χ3n) is 10.3. The number of halogens is 3. The molecule has 3 atom stereocenters. The quantitative estimate of drug-likeness (QED) is 0.157. The van der Waals surface area contributed by atoms with Crippen LogP contribution in [0.3, 0.4) is 0 Å². The molecule has 0 amide bonds. The van der Waals surface area contributed by atoms with E-state index >= 15 is 4.39 Å². The average molecular weight is 691 g/mol. The first-order chi connectivity index (χ1) is 24.7. The fourth-order valence-corrected chi connectivity index (χ4v) is 7.95. The molecule has 51 heavy (non-hydrogen) atoms. The first-order valence-electron chi connectivity index (χ1n) is 17.6. The summed E-state index contributed by atoms with van der Waals surface area (Å²) in [5.41, 5.74) is 4.85. The standard InChI is InChI=1S/C42H41F3N4O2/c1-27-22-46(24-29-8-4-3-5-9-29)16-17-47(27)25-33(50)26-51-28(2)23-48-38-11-7-6-10-34(38)37-20-32(45)21-41(42(37)48)49-39-14-12-30(43)18-35(39)36-19-31(44)13-15-40(36)49/h3-15,18-21,27-28,33,50H,16-17,22-26H2,1-2H3/t27-,28?,33?/m0/s1. The van der Waals surface area contributed by atoms with Gasteiger partial charge in [0.2, 0.25) is 0 Å². The minimum absolute atomic E-state index is 0.181. The molecule has 0 spiro atoms. The molecule has 2 aromatic heterocycles. The Kier molecular flexibility index (Phi) is 9.06. The van der Waals surface area contributed by atoms with E-state index in [9.17, 15) is 13.9 Å². The Hall–Kier alpha value is -4.67. The summed E-state index contributed by atoms with van der Waals surface area (Å²) in [6.07, 6.45) is -0.949. The summed E-state index contributed by atoms with van der Waals surface area (Å²) in [6.45, 7) is 9.01. The number of β-amino-alcohol motifs (C(OH)–C–C–N with tert-alkyl or cyclic N) is 1. The zero-order valence-electron chi connectivity index (χ0n) is 28.8. The highest BCUT2D eigenvalue weighted by Gasteiger charge is 2.26. The predicted molar refractivity (Wildman–Crippen MR) is 198 cm³/mol. The second-order valence-electron chi connectivity index (χ2n) is 14.0. The summed E-state index contributed by atoms with van der Waals surface area (Å²) in [7, 11) is 0. The van der Waals surface area contributed by atoms with Crippen LogP contribution in [0.2, 0.25) is 0 Å². The van der Waals surface area contributed by atoms with Gasteiger partial charge in [-0.25, -0.2) is 13.2 Å². The van der Waals surface area contributed by atoms with Crippen molar-refractivity contribution in [3.8, 4) is 5.69 Å². The highest BCUT2D eigenvalue weighted by atomic mass is 19.1. The van der Waals surface area contributed by atoms with E-state index in [1.54, 1.807) is 18.2 Å². The number of fused-ring (bicyclic) bond motifs is 6. The number of piperazine rings is 1. The number of aliphatic hydroxyl groups excluding tert-OH is 1. The highest BCUT2D eigenvalue weighted by Crippen LogP contribution is 2.39. The molecule has 7 aromatic rings. The van der Waals surface area contributed by atoms with Crippen LogP contribution in [0.5, 0.6) is 0 Å². The van der Waals surface area contributed by atoms with Crippen LogP contribution in [0.1, 0.15) is 19.4 Å². The van der Waals surface area contributed by atoms with Gasteiger partial charge in [0.05, 0.1) is 41.1 Å². The maximum absolute atomic E-state index is 15.6. The zero-order valence-corrected chi connectivity index (χ0v) is 28.8. The van der Waals surface area contributed by atoms with Gasteiger partial charge in [0.25, 0.3) is 0 Å². The number of rotatable bonds is 10. The van der Waals surface area contributed by atoms with E-state index in [0.29, 0.717) is 46.6 Å². The highest BCUT2D eigenvalue weighted by molar-refractivity contribution is 6.14. The Morgan fingerprint density at radius 1 is 0.725 bits per heavy atom. The summed E-state index contributed by atoms with van der Waals surface area (Å²) in [4.78, 5) is 4.79. The van der Waals surface area contributed by atoms with Crippen LogP contribution in [0.15, 0.2) is 103 Å². The minimum Gasteiger partial charge on any atom is -0.389 e. The van der Waals surface area contributed by atoms with Crippen LogP contribution < -0.4 is 0 Å². The fraction of sp³-hybridized carbons (Fsp3) is 0.286. The molecule has 1 aliphatic heterocycles. The Bertz CT molecular complexity index is 2290. The molecule has 3 heterocycles. The summed E-state index contributed by atoms with van der Waals surface area (Å²) in [5.74, 6) is -1.28. The van der Waals surface area contributed by atoms with Crippen LogP contribution in [0, 0.1) is 17.5 Å². The lowest BCUT2D eigenvalue weighted by Gasteiger charge is -2.40. The smallest absolute Gasteiger partial charge is 0.126 e. The molecule has 8 rings (SSSR count). The summed E-state index contributed by atoms with van der Waals surface area (Å²) < 4.78 is 54.9. The van der Waals surface area contributed by atoms with Gasteiger partial charge in [-0.3, -0.25) is 9.80 Å². The maximum Gasteiger partial charge on any atom is 0.126 e. The van der Waals surface area contributed by atoms with Gasteiger partial charge >= 0.3 is 0 Å². The zero-order chi connectivity index (χ0) is 35.2. The van der Waals surface area contributed by atoms with Crippen molar-refractivity contribution in [3.05, 3.63) is 126 Å². The maximum atomic E-state index is 15.6. The third kappa shape index (κ3) is 6.51. The van der Waals surface area contributed by atoms with E-state index < -0.39 is 23.6 Å². The minimum atomic E-state index is -0.656.